The molecule has 1 aromatic carbocycles. The molecule has 8 heteroatoms. The van der Waals surface area contributed by atoms with Crippen LogP contribution in [0.25, 0.3) is 10.4 Å². The summed E-state index contributed by atoms with van der Waals surface area (Å²) in [5, 5.41) is 7.52. The lowest BCUT2D eigenvalue weighted by molar-refractivity contribution is -0.142. The number of aryl methyl sites for hydroxylation is 2. The second kappa shape index (κ2) is 10.1. The summed E-state index contributed by atoms with van der Waals surface area (Å²) in [6.07, 6.45) is 5.16. The van der Waals surface area contributed by atoms with Crippen LogP contribution in [-0.2, 0) is 9.59 Å². The Hall–Kier alpha value is -3.00. The lowest BCUT2D eigenvalue weighted by atomic mass is 10.0. The predicted octanol–water partition coefficient (Wildman–Crippen LogP) is 4.69. The van der Waals surface area contributed by atoms with E-state index < -0.39 is 12.1 Å². The van der Waals surface area contributed by atoms with E-state index in [-0.39, 0.29) is 23.8 Å². The van der Waals surface area contributed by atoms with Gasteiger partial charge in [-0.05, 0) is 56.2 Å². The smallest absolute Gasteiger partial charge is 0.248 e. The van der Waals surface area contributed by atoms with E-state index in [2.05, 4.69) is 27.5 Å². The van der Waals surface area contributed by atoms with E-state index in [1.54, 1.807) is 27.1 Å². The molecule has 0 bridgehead atoms. The van der Waals surface area contributed by atoms with Crippen molar-refractivity contribution in [2.75, 3.05) is 6.54 Å². The Morgan fingerprint density at radius 2 is 1.88 bits per heavy atom. The summed E-state index contributed by atoms with van der Waals surface area (Å²) in [7, 11) is 0. The fourth-order valence-corrected chi connectivity index (χ4v) is 5.47. The van der Waals surface area contributed by atoms with Gasteiger partial charge >= 0.3 is 0 Å². The summed E-state index contributed by atoms with van der Waals surface area (Å²) in [6.45, 7) is 10.6. The van der Waals surface area contributed by atoms with Crippen molar-refractivity contribution >= 4 is 23.2 Å². The molecule has 3 aromatic rings. The zero-order valence-corrected chi connectivity index (χ0v) is 21.3. The van der Waals surface area contributed by atoms with Gasteiger partial charge in [0.1, 0.15) is 12.1 Å². The lowest BCUT2D eigenvalue weighted by Gasteiger charge is -2.30. The van der Waals surface area contributed by atoms with Crippen molar-refractivity contribution in [3.05, 3.63) is 59.0 Å². The van der Waals surface area contributed by atoms with E-state index >= 15 is 0 Å². The first-order valence-corrected chi connectivity index (χ1v) is 12.8. The standard InChI is InChI=1S/C26H33N5O2S/c1-16(2)23(31-14-17(3)13-28-31)26(33)30-12-6-7-22(30)25(32)29-18(4)20-8-10-21(11-9-20)24-19(5)27-15-34-24/h8-11,13-16,18,22-23H,6-7,12H2,1-5H3,(H,29,32)/t18-,22-,23?/m0/s1. The molecule has 1 aliphatic heterocycles. The summed E-state index contributed by atoms with van der Waals surface area (Å²) in [5.74, 6) is -0.0664. The Labute approximate surface area is 205 Å². The van der Waals surface area contributed by atoms with Crippen molar-refractivity contribution in [2.45, 2.75) is 65.6 Å². The van der Waals surface area contributed by atoms with Gasteiger partial charge in [-0.2, -0.15) is 5.10 Å². The van der Waals surface area contributed by atoms with Crippen LogP contribution < -0.4 is 5.32 Å². The van der Waals surface area contributed by atoms with Gasteiger partial charge in [-0.25, -0.2) is 4.98 Å². The van der Waals surface area contributed by atoms with Gasteiger partial charge in [0.05, 0.1) is 28.3 Å². The molecule has 1 unspecified atom stereocenters. The lowest BCUT2D eigenvalue weighted by Crippen LogP contribution is -2.49. The van der Waals surface area contributed by atoms with E-state index in [9.17, 15) is 9.59 Å². The quantitative estimate of drug-likeness (QED) is 0.533. The van der Waals surface area contributed by atoms with Crippen LogP contribution in [-0.4, -0.2) is 44.1 Å². The maximum absolute atomic E-state index is 13.5. The minimum atomic E-state index is -0.452. The molecule has 1 aliphatic rings. The number of nitrogens with one attached hydrogen (secondary N) is 1. The molecule has 0 radical (unpaired) electrons. The first-order valence-electron chi connectivity index (χ1n) is 11.9. The molecule has 0 spiro atoms. The Morgan fingerprint density at radius 1 is 1.15 bits per heavy atom. The highest BCUT2D eigenvalue weighted by atomic mass is 32.1. The molecule has 0 saturated carbocycles. The molecule has 180 valence electrons. The number of hydrogen-bond acceptors (Lipinski definition) is 5. The summed E-state index contributed by atoms with van der Waals surface area (Å²) in [6, 6.07) is 7.22. The second-order valence-corrected chi connectivity index (χ2v) is 10.4. The normalized spacial score (nSPS) is 17.7. The van der Waals surface area contributed by atoms with Crippen molar-refractivity contribution in [1.29, 1.82) is 0 Å². The third-order valence-electron chi connectivity index (χ3n) is 6.52. The Kier molecular flexibility index (Phi) is 7.16. The third kappa shape index (κ3) is 4.92. The Balaban J connectivity index is 1.44. The van der Waals surface area contributed by atoms with E-state index in [4.69, 9.17) is 0 Å². The van der Waals surface area contributed by atoms with Gasteiger partial charge in [0, 0.05) is 12.7 Å². The van der Waals surface area contributed by atoms with Gasteiger partial charge < -0.3 is 10.2 Å². The van der Waals surface area contributed by atoms with Crippen molar-refractivity contribution in [3.8, 4) is 10.4 Å². The number of aromatic nitrogens is 3. The largest absolute Gasteiger partial charge is 0.348 e. The summed E-state index contributed by atoms with van der Waals surface area (Å²) in [5.41, 5.74) is 6.05. The van der Waals surface area contributed by atoms with Gasteiger partial charge in [0.15, 0.2) is 0 Å². The van der Waals surface area contributed by atoms with E-state index in [1.807, 2.05) is 58.5 Å². The van der Waals surface area contributed by atoms with Crippen LogP contribution in [0.1, 0.15) is 62.5 Å². The van der Waals surface area contributed by atoms with Gasteiger partial charge in [-0.15, -0.1) is 11.3 Å². The topological polar surface area (TPSA) is 80.1 Å². The van der Waals surface area contributed by atoms with E-state index in [1.165, 1.54) is 0 Å². The fraction of sp³-hybridized carbons (Fsp3) is 0.462. The van der Waals surface area contributed by atoms with Crippen LogP contribution in [0.4, 0.5) is 0 Å². The number of hydrogen-bond donors (Lipinski definition) is 1. The number of amides is 2. The number of carbonyl (C=O) groups excluding carboxylic acids is 2. The van der Waals surface area contributed by atoms with Crippen molar-refractivity contribution in [1.82, 2.24) is 25.0 Å². The molecule has 3 atom stereocenters. The van der Waals surface area contributed by atoms with Crippen LogP contribution in [0.2, 0.25) is 0 Å². The van der Waals surface area contributed by atoms with Crippen molar-refractivity contribution in [3.63, 3.8) is 0 Å². The van der Waals surface area contributed by atoms with E-state index in [0.717, 1.165) is 33.7 Å². The zero-order valence-electron chi connectivity index (χ0n) is 20.5. The molecule has 2 aromatic heterocycles. The third-order valence-corrected chi connectivity index (χ3v) is 7.49. The molecule has 1 N–H and O–H groups in total. The average molecular weight is 480 g/mol. The van der Waals surface area contributed by atoms with Crippen LogP contribution in [0, 0.1) is 19.8 Å². The van der Waals surface area contributed by atoms with E-state index in [0.29, 0.717) is 13.0 Å². The number of rotatable bonds is 7. The molecule has 7 nitrogen and oxygen atoms in total. The molecule has 0 aliphatic carbocycles. The summed E-state index contributed by atoms with van der Waals surface area (Å²) in [4.78, 5) is 34.0. The molecule has 1 fully saturated rings. The maximum atomic E-state index is 13.5. The van der Waals surface area contributed by atoms with Gasteiger partial charge in [0.25, 0.3) is 0 Å². The number of likely N-dealkylation sites (tertiary alicyclic amines) is 1. The van der Waals surface area contributed by atoms with Gasteiger partial charge in [-0.1, -0.05) is 38.1 Å². The monoisotopic (exact) mass is 479 g/mol. The molecule has 34 heavy (non-hydrogen) atoms. The minimum absolute atomic E-state index is 0.0346. The van der Waals surface area contributed by atoms with Crippen LogP contribution in [0.15, 0.2) is 42.2 Å². The highest BCUT2D eigenvalue weighted by molar-refractivity contribution is 7.13. The summed E-state index contributed by atoms with van der Waals surface area (Å²) >= 11 is 1.63. The molecule has 2 amide bonds. The summed E-state index contributed by atoms with van der Waals surface area (Å²) < 4.78 is 1.74. The highest BCUT2D eigenvalue weighted by Gasteiger charge is 2.39. The molecule has 1 saturated heterocycles. The van der Waals surface area contributed by atoms with Crippen LogP contribution in [0.3, 0.4) is 0 Å². The van der Waals surface area contributed by atoms with Crippen LogP contribution in [0.5, 0.6) is 0 Å². The average Bonchev–Trinajstić information content (AvgIpc) is 3.55. The maximum Gasteiger partial charge on any atom is 0.248 e. The molecule has 4 rings (SSSR count). The number of carbonyl (C=O) groups is 2. The molecular weight excluding hydrogens is 446 g/mol. The molecular formula is C26H33N5O2S. The zero-order chi connectivity index (χ0) is 24.4. The van der Waals surface area contributed by atoms with Crippen LogP contribution >= 0.6 is 11.3 Å². The second-order valence-electron chi connectivity index (χ2n) is 9.50. The van der Waals surface area contributed by atoms with Gasteiger partial charge in [-0.3, -0.25) is 14.3 Å². The first kappa shape index (κ1) is 24.1. The van der Waals surface area contributed by atoms with Gasteiger partial charge in [0.2, 0.25) is 11.8 Å². The predicted molar refractivity (Wildman–Crippen MR) is 134 cm³/mol. The fourth-order valence-electron chi connectivity index (χ4n) is 4.66. The number of thiazole rings is 1. The highest BCUT2D eigenvalue weighted by Crippen LogP contribution is 2.29. The molecule has 3 heterocycles. The number of nitrogens with zero attached hydrogens (tertiary/aromatic N) is 4. The Bertz CT molecular complexity index is 1150. The Morgan fingerprint density at radius 3 is 2.47 bits per heavy atom. The first-order chi connectivity index (χ1) is 16.3. The van der Waals surface area contributed by atoms with Crippen molar-refractivity contribution in [2.24, 2.45) is 5.92 Å². The number of benzene rings is 1. The van der Waals surface area contributed by atoms with Crippen molar-refractivity contribution < 1.29 is 9.59 Å². The minimum Gasteiger partial charge on any atom is -0.348 e. The SMILES string of the molecule is Cc1cnn(C(C(=O)N2CCC[C@H]2C(=O)N[C@@H](C)c2ccc(-c3scnc3C)cc2)C(C)C)c1.